The summed E-state index contributed by atoms with van der Waals surface area (Å²) in [4.78, 5) is 59.6. The molecule has 2 saturated carbocycles. The molecule has 1 aliphatic heterocycles. The van der Waals surface area contributed by atoms with Crippen LogP contribution in [0.3, 0.4) is 0 Å². The van der Waals surface area contributed by atoms with Gasteiger partial charge < -0.3 is 44.3 Å². The molecule has 6 rings (SSSR count). The largest absolute Gasteiger partial charge is 0.487 e. The Morgan fingerprint density at radius 3 is 2.17 bits per heavy atom. The number of Topliss-reactive ketones (excluding diaryl/α,β-unsaturated/α-hetero) is 1. The molecule has 3 aliphatic carbocycles. The molecule has 2 aromatic rings. The zero-order valence-corrected chi connectivity index (χ0v) is 34.5. The second-order valence-corrected chi connectivity index (χ2v) is 17.8. The number of fused-ring (bicyclic) bond motifs is 5. The average molecular weight is 824 g/mol. The minimum atomic E-state index is -2.26. The fourth-order valence-electron chi connectivity index (χ4n) is 9.76. The van der Waals surface area contributed by atoms with Crippen LogP contribution in [0, 0.1) is 16.7 Å². The maximum atomic E-state index is 15.1. The number of amides is 1. The van der Waals surface area contributed by atoms with Crippen LogP contribution < -0.4 is 5.32 Å². The van der Waals surface area contributed by atoms with Crippen molar-refractivity contribution >= 4 is 29.6 Å². The molecule has 3 fully saturated rings. The summed E-state index contributed by atoms with van der Waals surface area (Å²) in [5, 5.41) is 40.0. The minimum absolute atomic E-state index is 0.0320. The second-order valence-electron chi connectivity index (χ2n) is 17.8. The number of carbonyl (C=O) groups is 4. The topological polar surface area (TPSA) is 196 Å². The molecule has 1 saturated heterocycles. The number of esters is 2. The van der Waals surface area contributed by atoms with Crippen LogP contribution >= 0.6 is 0 Å². The highest BCUT2D eigenvalue weighted by Crippen LogP contribution is 2.65. The van der Waals surface area contributed by atoms with E-state index in [1.807, 2.05) is 0 Å². The Morgan fingerprint density at radius 2 is 1.63 bits per heavy atom. The Hall–Kier alpha value is -4.67. The van der Waals surface area contributed by atoms with Crippen molar-refractivity contribution in [1.29, 1.82) is 0 Å². The Kier molecular flexibility index (Phi) is 11.7. The fourth-order valence-corrected chi connectivity index (χ4v) is 9.76. The average Bonchev–Trinajstić information content (AvgIpc) is 3.16. The van der Waals surface area contributed by atoms with Crippen LogP contribution in [0.15, 0.2) is 78.4 Å². The third kappa shape index (κ3) is 7.45. The number of alkyl carbamates (subject to hydrolysis) is 1. The standard InChI is InChI=1S/C44H54FNO13/c1-23-28(56-38(51)34(49)32(27-18-14-11-15-19-27)46-39(52)58-40(4,5)6)21-44(53)37(55-24(2)26-16-12-10-13-17-26)35-42(9,36(50)33(48)31(23)41(44,7)8)29(59-45)20-30-43(35,22-54-30)57-25(3)47/h10-19,28-30,32-35,37,48-49,53H,2,20-22H2,1,3-9H3,(H,46,52)/t28-,29?,30?,32-,33?,34+,35?,37-,42?,43-,44?/m0/s1. The zero-order valence-electron chi connectivity index (χ0n) is 34.5. The number of ether oxygens (including phenoxy) is 5. The van der Waals surface area contributed by atoms with E-state index in [0.717, 1.165) is 0 Å². The van der Waals surface area contributed by atoms with E-state index in [0.29, 0.717) is 11.1 Å². The molecule has 6 unspecified atom stereocenters. The lowest BCUT2D eigenvalue weighted by molar-refractivity contribution is -0.365. The van der Waals surface area contributed by atoms with Crippen LogP contribution in [-0.2, 0) is 43.0 Å². The number of nitrogens with one attached hydrogen (secondary N) is 1. The van der Waals surface area contributed by atoms with Gasteiger partial charge in [-0.3, -0.25) is 9.59 Å². The highest BCUT2D eigenvalue weighted by atomic mass is 19.3. The van der Waals surface area contributed by atoms with Crippen LogP contribution in [0.2, 0.25) is 0 Å². The van der Waals surface area contributed by atoms with E-state index in [2.05, 4.69) is 16.8 Å². The number of ketones is 1. The number of carbonyl (C=O) groups excluding carboxylic acids is 4. The van der Waals surface area contributed by atoms with Gasteiger partial charge in [-0.1, -0.05) is 81.1 Å². The van der Waals surface area contributed by atoms with E-state index < -0.39 is 106 Å². The van der Waals surface area contributed by atoms with Crippen molar-refractivity contribution in [3.05, 3.63) is 89.5 Å². The lowest BCUT2D eigenvalue weighted by Gasteiger charge is -2.67. The summed E-state index contributed by atoms with van der Waals surface area (Å²) in [7, 11) is 0. The van der Waals surface area contributed by atoms with Gasteiger partial charge in [-0.25, -0.2) is 9.59 Å². The van der Waals surface area contributed by atoms with E-state index in [9.17, 15) is 34.2 Å². The van der Waals surface area contributed by atoms with E-state index in [1.165, 1.54) is 20.8 Å². The molecule has 0 radical (unpaired) electrons. The van der Waals surface area contributed by atoms with Crippen molar-refractivity contribution in [2.24, 2.45) is 16.7 Å². The molecule has 1 heterocycles. The zero-order chi connectivity index (χ0) is 43.5. The Labute approximate surface area is 342 Å². The Bertz CT molecular complexity index is 2000. The summed E-state index contributed by atoms with van der Waals surface area (Å²) in [5.74, 6) is -4.34. The van der Waals surface area contributed by atoms with Gasteiger partial charge in [-0.15, -0.1) is 0 Å². The first-order valence-corrected chi connectivity index (χ1v) is 19.6. The van der Waals surface area contributed by atoms with Crippen molar-refractivity contribution in [2.75, 3.05) is 6.61 Å². The summed E-state index contributed by atoms with van der Waals surface area (Å²) < 4.78 is 45.0. The molecule has 0 spiro atoms. The predicted molar refractivity (Wildman–Crippen MR) is 208 cm³/mol. The number of rotatable bonds is 10. The molecule has 1 amide bonds. The molecule has 2 aromatic carbocycles. The molecule has 11 atom stereocenters. The summed E-state index contributed by atoms with van der Waals surface area (Å²) >= 11 is 0. The van der Waals surface area contributed by atoms with Gasteiger partial charge in [0, 0.05) is 30.7 Å². The first-order valence-electron chi connectivity index (χ1n) is 19.6. The van der Waals surface area contributed by atoms with Gasteiger partial charge in [0.1, 0.15) is 47.5 Å². The molecular formula is C44H54FNO13. The third-order valence-corrected chi connectivity index (χ3v) is 12.8. The quantitative estimate of drug-likeness (QED) is 0.108. The fraction of sp³-hybridized carbons (Fsp3) is 0.545. The van der Waals surface area contributed by atoms with Crippen LogP contribution in [-0.4, -0.2) is 99.2 Å². The van der Waals surface area contributed by atoms with Crippen molar-refractivity contribution in [2.45, 2.75) is 128 Å². The number of hydrogen-bond donors (Lipinski definition) is 4. The molecule has 14 nitrogen and oxygen atoms in total. The van der Waals surface area contributed by atoms with E-state index >= 15 is 4.79 Å². The number of hydrogen-bond acceptors (Lipinski definition) is 13. The van der Waals surface area contributed by atoms with Crippen molar-refractivity contribution in [1.82, 2.24) is 5.32 Å². The number of benzene rings is 2. The normalized spacial score (nSPS) is 33.3. The molecule has 0 aromatic heterocycles. The van der Waals surface area contributed by atoms with E-state index in [4.69, 9.17) is 23.7 Å². The van der Waals surface area contributed by atoms with Crippen LogP contribution in [0.4, 0.5) is 9.32 Å². The highest BCUT2D eigenvalue weighted by Gasteiger charge is 2.78. The molecule has 2 bridgehead atoms. The van der Waals surface area contributed by atoms with Gasteiger partial charge in [0.2, 0.25) is 0 Å². The summed E-state index contributed by atoms with van der Waals surface area (Å²) in [6.45, 7) is 16.1. The van der Waals surface area contributed by atoms with Gasteiger partial charge in [0.25, 0.3) is 0 Å². The molecule has 320 valence electrons. The van der Waals surface area contributed by atoms with Crippen LogP contribution in [0.1, 0.15) is 85.4 Å². The smallest absolute Gasteiger partial charge is 0.408 e. The van der Waals surface area contributed by atoms with Crippen molar-refractivity contribution in [3.8, 4) is 0 Å². The molecule has 4 N–H and O–H groups in total. The van der Waals surface area contributed by atoms with Gasteiger partial charge in [0.05, 0.1) is 24.0 Å². The Morgan fingerprint density at radius 1 is 1.02 bits per heavy atom. The van der Waals surface area contributed by atoms with E-state index in [-0.39, 0.29) is 29.9 Å². The summed E-state index contributed by atoms with van der Waals surface area (Å²) in [6, 6.07) is 15.5. The maximum absolute atomic E-state index is 15.1. The minimum Gasteiger partial charge on any atom is -0.487 e. The lowest BCUT2D eigenvalue weighted by Crippen LogP contribution is -2.81. The first kappa shape index (κ1) is 43.9. The molecular weight excluding hydrogens is 769 g/mol. The van der Waals surface area contributed by atoms with Crippen LogP contribution in [0.5, 0.6) is 0 Å². The van der Waals surface area contributed by atoms with E-state index in [1.54, 1.807) is 95.3 Å². The predicted octanol–water partition coefficient (Wildman–Crippen LogP) is 5.00. The van der Waals surface area contributed by atoms with Gasteiger partial charge in [-0.2, -0.15) is 4.94 Å². The lowest BCUT2D eigenvalue weighted by atomic mass is 9.44. The third-order valence-electron chi connectivity index (χ3n) is 12.8. The Balaban J connectivity index is 1.50. The first-order chi connectivity index (χ1) is 27.5. The van der Waals surface area contributed by atoms with Gasteiger partial charge in [0.15, 0.2) is 17.5 Å². The van der Waals surface area contributed by atoms with Crippen molar-refractivity contribution in [3.63, 3.8) is 0 Å². The van der Waals surface area contributed by atoms with Crippen LogP contribution in [0.25, 0.3) is 5.76 Å². The monoisotopic (exact) mass is 823 g/mol. The number of aliphatic hydroxyl groups is 3. The molecule has 4 aliphatic rings. The molecule has 59 heavy (non-hydrogen) atoms. The second kappa shape index (κ2) is 15.7. The number of halogens is 1. The SMILES string of the molecule is C=C(O[C@H]1C2C(C)(C(=O)C(O)C3=C(C)[C@@H](OC(=O)[C@H](O)[C@@H](NC(=O)OC(C)(C)C)c4ccccc4)CC1(O)C3(C)C)C(OF)CC1OC[C@]12OC(C)=O)c1ccccc1. The van der Waals surface area contributed by atoms with Gasteiger partial charge in [-0.05, 0) is 55.9 Å². The highest BCUT2D eigenvalue weighted by molar-refractivity contribution is 5.93. The summed E-state index contributed by atoms with van der Waals surface area (Å²) in [5.41, 5.74) is -7.54. The summed E-state index contributed by atoms with van der Waals surface area (Å²) in [6.07, 6.45) is -11.3. The number of aliphatic hydroxyl groups excluding tert-OH is 2. The van der Waals surface area contributed by atoms with Gasteiger partial charge >= 0.3 is 18.0 Å². The molecule has 15 heteroatoms. The van der Waals surface area contributed by atoms with Crippen molar-refractivity contribution < 1.29 is 67.6 Å². The maximum Gasteiger partial charge on any atom is 0.408 e.